The summed E-state index contributed by atoms with van der Waals surface area (Å²) in [5.41, 5.74) is 1.96. The molecule has 0 atom stereocenters. The van der Waals surface area contributed by atoms with Gasteiger partial charge in [-0.2, -0.15) is 0 Å². The average molecular weight is 438 g/mol. The molecule has 2 rings (SSSR count). The van der Waals surface area contributed by atoms with Crippen LogP contribution in [-0.2, 0) is 14.8 Å². The highest BCUT2D eigenvalue weighted by Crippen LogP contribution is 2.27. The molecule has 0 aromatic heterocycles. The summed E-state index contributed by atoms with van der Waals surface area (Å²) in [5.74, 6) is -0.510. The standard InChI is InChI=1S/C19H20ClN3O5S/c1-12-9-15(29(27,28)22(3)4)11-17(13(12)2)21-19(24)8-6-14-5-7-16(20)18(10-14)23(25)26/h5-11H,1-4H3,(H,21,24)/b8-6+. The molecule has 154 valence electrons. The van der Waals surface area contributed by atoms with Gasteiger partial charge in [-0.3, -0.25) is 14.9 Å². The number of aryl methyl sites for hydroxylation is 1. The average Bonchev–Trinajstić information content (AvgIpc) is 2.64. The van der Waals surface area contributed by atoms with Crippen LogP contribution in [0.25, 0.3) is 6.08 Å². The van der Waals surface area contributed by atoms with Crippen molar-refractivity contribution in [3.05, 3.63) is 68.2 Å². The summed E-state index contributed by atoms with van der Waals surface area (Å²) in [6.45, 7) is 3.52. The lowest BCUT2D eigenvalue weighted by Crippen LogP contribution is -2.22. The number of nitro benzene ring substituents is 1. The van der Waals surface area contributed by atoms with Gasteiger partial charge in [0.05, 0.1) is 9.82 Å². The van der Waals surface area contributed by atoms with Crippen LogP contribution >= 0.6 is 11.6 Å². The summed E-state index contributed by atoms with van der Waals surface area (Å²) in [6, 6.07) is 7.12. The first-order valence-electron chi connectivity index (χ1n) is 8.40. The number of hydrogen-bond donors (Lipinski definition) is 1. The molecule has 8 nitrogen and oxygen atoms in total. The highest BCUT2D eigenvalue weighted by atomic mass is 35.5. The van der Waals surface area contributed by atoms with Crippen molar-refractivity contribution in [2.45, 2.75) is 18.7 Å². The molecule has 0 aliphatic heterocycles. The number of benzene rings is 2. The van der Waals surface area contributed by atoms with E-state index in [4.69, 9.17) is 11.6 Å². The van der Waals surface area contributed by atoms with Gasteiger partial charge in [0, 0.05) is 31.9 Å². The smallest absolute Gasteiger partial charge is 0.288 e. The second kappa shape index (κ2) is 8.73. The lowest BCUT2D eigenvalue weighted by Gasteiger charge is -2.16. The summed E-state index contributed by atoms with van der Waals surface area (Å²) in [4.78, 5) is 22.7. The molecule has 0 aliphatic rings. The summed E-state index contributed by atoms with van der Waals surface area (Å²) in [5, 5.41) is 13.6. The second-order valence-corrected chi connectivity index (χ2v) is 9.05. The fourth-order valence-electron chi connectivity index (χ4n) is 2.44. The Balaban J connectivity index is 2.29. The maximum absolute atomic E-state index is 12.4. The summed E-state index contributed by atoms with van der Waals surface area (Å²) in [6.07, 6.45) is 2.61. The van der Waals surface area contributed by atoms with Crippen molar-refractivity contribution in [3.8, 4) is 0 Å². The predicted molar refractivity (Wildman–Crippen MR) is 113 cm³/mol. The van der Waals surface area contributed by atoms with Crippen LogP contribution in [0.5, 0.6) is 0 Å². The first-order valence-corrected chi connectivity index (χ1v) is 10.2. The maximum atomic E-state index is 12.4. The molecule has 0 unspecified atom stereocenters. The lowest BCUT2D eigenvalue weighted by atomic mass is 10.1. The quantitative estimate of drug-likeness (QED) is 0.420. The molecule has 0 bridgehead atoms. The van der Waals surface area contributed by atoms with Crippen LogP contribution < -0.4 is 5.32 Å². The number of hydrogen-bond acceptors (Lipinski definition) is 5. The van der Waals surface area contributed by atoms with Crippen LogP contribution in [0, 0.1) is 24.0 Å². The van der Waals surface area contributed by atoms with Crippen molar-refractivity contribution in [2.75, 3.05) is 19.4 Å². The van der Waals surface area contributed by atoms with Gasteiger partial charge in [0.1, 0.15) is 5.02 Å². The van der Waals surface area contributed by atoms with Gasteiger partial charge >= 0.3 is 0 Å². The number of carbonyl (C=O) groups excluding carboxylic acids is 1. The second-order valence-electron chi connectivity index (χ2n) is 6.49. The van der Waals surface area contributed by atoms with E-state index in [2.05, 4.69) is 5.32 Å². The minimum Gasteiger partial charge on any atom is -0.322 e. The van der Waals surface area contributed by atoms with Gasteiger partial charge in [0.2, 0.25) is 15.9 Å². The number of nitrogens with one attached hydrogen (secondary N) is 1. The van der Waals surface area contributed by atoms with Crippen LogP contribution in [-0.4, -0.2) is 37.6 Å². The van der Waals surface area contributed by atoms with E-state index in [0.29, 0.717) is 16.8 Å². The molecule has 0 spiro atoms. The van der Waals surface area contributed by atoms with Gasteiger partial charge in [-0.15, -0.1) is 0 Å². The Morgan fingerprint density at radius 1 is 1.21 bits per heavy atom. The number of anilines is 1. The van der Waals surface area contributed by atoms with Gasteiger partial charge in [-0.05, 0) is 54.8 Å². The Morgan fingerprint density at radius 2 is 1.86 bits per heavy atom. The van der Waals surface area contributed by atoms with Crippen LogP contribution in [0.1, 0.15) is 16.7 Å². The minimum absolute atomic E-state index is 0.00150. The Hall–Kier alpha value is -2.75. The van der Waals surface area contributed by atoms with Gasteiger partial charge in [-0.25, -0.2) is 12.7 Å². The molecule has 0 radical (unpaired) electrons. The van der Waals surface area contributed by atoms with Crippen molar-refractivity contribution >= 4 is 45.0 Å². The summed E-state index contributed by atoms with van der Waals surface area (Å²) in [7, 11) is -0.804. The topological polar surface area (TPSA) is 110 Å². The zero-order valence-electron chi connectivity index (χ0n) is 16.3. The van der Waals surface area contributed by atoms with E-state index in [0.717, 1.165) is 9.87 Å². The van der Waals surface area contributed by atoms with Crippen LogP contribution in [0.3, 0.4) is 0 Å². The van der Waals surface area contributed by atoms with Crippen molar-refractivity contribution in [1.29, 1.82) is 0 Å². The first-order chi connectivity index (χ1) is 13.4. The molecular formula is C19H20ClN3O5S. The third-order valence-electron chi connectivity index (χ3n) is 4.27. The van der Waals surface area contributed by atoms with Crippen molar-refractivity contribution < 1.29 is 18.1 Å². The number of halogens is 1. The first kappa shape index (κ1) is 22.5. The Bertz CT molecular complexity index is 1110. The van der Waals surface area contributed by atoms with Gasteiger partial charge in [0.25, 0.3) is 5.69 Å². The number of sulfonamides is 1. The molecule has 0 fully saturated rings. The molecule has 2 aromatic rings. The third kappa shape index (κ3) is 5.20. The fraction of sp³-hybridized carbons (Fsp3) is 0.211. The predicted octanol–water partition coefficient (Wildman–Crippen LogP) is 3.77. The Labute approximate surface area is 174 Å². The molecule has 2 aromatic carbocycles. The number of amides is 1. The minimum atomic E-state index is -3.66. The number of nitrogens with zero attached hydrogens (tertiary/aromatic N) is 2. The van der Waals surface area contributed by atoms with Crippen LogP contribution in [0.2, 0.25) is 5.02 Å². The molecule has 10 heteroatoms. The monoisotopic (exact) mass is 437 g/mol. The SMILES string of the molecule is Cc1cc(S(=O)(=O)N(C)C)cc(NC(=O)/C=C/c2ccc(Cl)c([N+](=O)[O-])c2)c1C. The van der Waals surface area contributed by atoms with E-state index < -0.39 is 20.9 Å². The molecule has 1 N–H and O–H groups in total. The van der Waals surface area contributed by atoms with E-state index >= 15 is 0 Å². The van der Waals surface area contributed by atoms with Crippen molar-refractivity contribution in [1.82, 2.24) is 4.31 Å². The van der Waals surface area contributed by atoms with Crippen molar-refractivity contribution in [3.63, 3.8) is 0 Å². The van der Waals surface area contributed by atoms with Gasteiger partial charge < -0.3 is 5.32 Å². The number of nitro groups is 1. The lowest BCUT2D eigenvalue weighted by molar-refractivity contribution is -0.384. The molecule has 0 heterocycles. The van der Waals surface area contributed by atoms with Gasteiger partial charge in [0.15, 0.2) is 0 Å². The Morgan fingerprint density at radius 3 is 2.45 bits per heavy atom. The molecule has 1 amide bonds. The molecule has 29 heavy (non-hydrogen) atoms. The van der Waals surface area contributed by atoms with Crippen LogP contribution in [0.4, 0.5) is 11.4 Å². The molecule has 0 saturated carbocycles. The molecule has 0 saturated heterocycles. The molecule has 0 aliphatic carbocycles. The molecular weight excluding hydrogens is 418 g/mol. The van der Waals surface area contributed by atoms with E-state index in [1.54, 1.807) is 26.0 Å². The van der Waals surface area contributed by atoms with Gasteiger partial charge in [-0.1, -0.05) is 17.7 Å². The Kier molecular flexibility index (Phi) is 6.78. The normalized spacial score (nSPS) is 11.8. The largest absolute Gasteiger partial charge is 0.322 e. The fourth-order valence-corrected chi connectivity index (χ4v) is 3.64. The van der Waals surface area contributed by atoms with Crippen molar-refractivity contribution in [2.24, 2.45) is 0 Å². The summed E-state index contributed by atoms with van der Waals surface area (Å²) < 4.78 is 25.9. The maximum Gasteiger partial charge on any atom is 0.288 e. The van der Waals surface area contributed by atoms with E-state index in [9.17, 15) is 23.3 Å². The number of carbonyl (C=O) groups is 1. The van der Waals surface area contributed by atoms with E-state index in [1.165, 1.54) is 44.4 Å². The number of rotatable bonds is 6. The third-order valence-corrected chi connectivity index (χ3v) is 6.38. The van der Waals surface area contributed by atoms with E-state index in [-0.39, 0.29) is 15.6 Å². The summed E-state index contributed by atoms with van der Waals surface area (Å²) >= 11 is 5.77. The van der Waals surface area contributed by atoms with E-state index in [1.807, 2.05) is 0 Å². The highest BCUT2D eigenvalue weighted by molar-refractivity contribution is 7.89. The van der Waals surface area contributed by atoms with Crippen LogP contribution in [0.15, 0.2) is 41.3 Å². The zero-order valence-corrected chi connectivity index (χ0v) is 17.8. The zero-order chi connectivity index (χ0) is 21.9. The highest BCUT2D eigenvalue weighted by Gasteiger charge is 2.20.